The van der Waals surface area contributed by atoms with Crippen LogP contribution in [-0.4, -0.2) is 52.8 Å². The van der Waals surface area contributed by atoms with Gasteiger partial charge in [0.25, 0.3) is 5.91 Å². The van der Waals surface area contributed by atoms with Crippen molar-refractivity contribution in [2.75, 3.05) is 26.2 Å². The molecule has 4 rings (SSSR count). The summed E-state index contributed by atoms with van der Waals surface area (Å²) < 4.78 is 0. The van der Waals surface area contributed by atoms with Crippen LogP contribution in [0.5, 0.6) is 0 Å². The average molecular weight is 466 g/mol. The molecule has 2 aromatic carbocycles. The van der Waals surface area contributed by atoms with E-state index in [0.29, 0.717) is 32.6 Å². The van der Waals surface area contributed by atoms with Gasteiger partial charge in [0.15, 0.2) is 0 Å². The molecule has 0 N–H and O–H groups in total. The maximum Gasteiger partial charge on any atom is 0.255 e. The van der Waals surface area contributed by atoms with Gasteiger partial charge < -0.3 is 9.80 Å². The van der Waals surface area contributed by atoms with Crippen molar-refractivity contribution in [2.45, 2.75) is 29.9 Å². The molecular formula is C25H27N3O2S2. The van der Waals surface area contributed by atoms with E-state index in [0.717, 1.165) is 34.7 Å². The number of benzene rings is 2. The number of carbonyl (C=O) groups is 2. The highest BCUT2D eigenvalue weighted by molar-refractivity contribution is 7.98. The average Bonchev–Trinajstić information content (AvgIpc) is 3.37. The zero-order valence-corrected chi connectivity index (χ0v) is 19.6. The fourth-order valence-electron chi connectivity index (χ4n) is 3.81. The normalized spacial score (nSPS) is 13.9. The van der Waals surface area contributed by atoms with E-state index in [-0.39, 0.29) is 11.8 Å². The van der Waals surface area contributed by atoms with Crippen molar-refractivity contribution in [1.82, 2.24) is 14.8 Å². The predicted molar refractivity (Wildman–Crippen MR) is 130 cm³/mol. The quantitative estimate of drug-likeness (QED) is 0.451. The minimum atomic E-state index is 0.0440. The van der Waals surface area contributed by atoms with Gasteiger partial charge in [0.2, 0.25) is 5.91 Å². The van der Waals surface area contributed by atoms with Crippen molar-refractivity contribution in [3.63, 3.8) is 0 Å². The van der Waals surface area contributed by atoms with Crippen LogP contribution in [0, 0.1) is 0 Å². The Kier molecular flexibility index (Phi) is 7.96. The lowest BCUT2D eigenvalue weighted by Gasteiger charge is -2.35. The highest BCUT2D eigenvalue weighted by Gasteiger charge is 2.25. The van der Waals surface area contributed by atoms with Crippen molar-refractivity contribution in [3.05, 3.63) is 82.3 Å². The van der Waals surface area contributed by atoms with Crippen molar-refractivity contribution in [1.29, 1.82) is 0 Å². The number of rotatable bonds is 8. The van der Waals surface area contributed by atoms with E-state index in [1.54, 1.807) is 23.1 Å². The van der Waals surface area contributed by atoms with Crippen LogP contribution in [0.4, 0.5) is 0 Å². The van der Waals surface area contributed by atoms with Gasteiger partial charge in [0.1, 0.15) is 0 Å². The number of piperazine rings is 1. The summed E-state index contributed by atoms with van der Waals surface area (Å²) in [5.41, 5.74) is 4.86. The van der Waals surface area contributed by atoms with Gasteiger partial charge in [-0.3, -0.25) is 9.59 Å². The SMILES string of the molecule is O=C(CCCc1ccccc1)N1CCN(C(=O)c2ccccc2SCc2cscn2)CC1. The number of aryl methyl sites for hydroxylation is 1. The lowest BCUT2D eigenvalue weighted by Crippen LogP contribution is -2.50. The highest BCUT2D eigenvalue weighted by Crippen LogP contribution is 2.27. The fraction of sp³-hybridized carbons (Fsp3) is 0.320. The standard InChI is InChI=1S/C25H27N3O2S2/c29-24(12-6-9-20-7-2-1-3-8-20)27-13-15-28(16-14-27)25(30)22-10-4-5-11-23(22)32-18-21-17-31-19-26-21/h1-5,7-8,10-11,17,19H,6,9,12-16,18H2. The lowest BCUT2D eigenvalue weighted by molar-refractivity contribution is -0.132. The second-order valence-electron chi connectivity index (χ2n) is 7.78. The first-order chi connectivity index (χ1) is 15.7. The Bertz CT molecular complexity index is 1020. The zero-order chi connectivity index (χ0) is 22.2. The summed E-state index contributed by atoms with van der Waals surface area (Å²) >= 11 is 3.22. The Morgan fingerprint density at radius 1 is 0.938 bits per heavy atom. The third-order valence-electron chi connectivity index (χ3n) is 5.59. The first kappa shape index (κ1) is 22.6. The molecule has 3 aromatic rings. The molecule has 0 radical (unpaired) electrons. The number of thioether (sulfide) groups is 1. The molecule has 1 aliphatic rings. The highest BCUT2D eigenvalue weighted by atomic mass is 32.2. The number of amides is 2. The Balaban J connectivity index is 1.26. The molecule has 2 amide bonds. The molecule has 1 saturated heterocycles. The molecule has 1 fully saturated rings. The van der Waals surface area contributed by atoms with Gasteiger partial charge in [0.05, 0.1) is 16.8 Å². The third kappa shape index (κ3) is 5.99. The van der Waals surface area contributed by atoms with Gasteiger partial charge in [0, 0.05) is 48.6 Å². The van der Waals surface area contributed by atoms with Crippen LogP contribution in [-0.2, 0) is 17.0 Å². The maximum atomic E-state index is 13.2. The number of carbonyl (C=O) groups excluding carboxylic acids is 2. The summed E-state index contributed by atoms with van der Waals surface area (Å²) in [5.74, 6) is 0.980. The summed E-state index contributed by atoms with van der Waals surface area (Å²) in [6.07, 6.45) is 2.32. The van der Waals surface area contributed by atoms with Crippen LogP contribution in [0.15, 0.2) is 70.4 Å². The Morgan fingerprint density at radius 3 is 2.41 bits per heavy atom. The molecule has 0 saturated carbocycles. The van der Waals surface area contributed by atoms with E-state index in [4.69, 9.17) is 0 Å². The van der Waals surface area contributed by atoms with E-state index < -0.39 is 0 Å². The summed E-state index contributed by atoms with van der Waals surface area (Å²) in [5, 5.41) is 2.04. The van der Waals surface area contributed by atoms with Crippen molar-refractivity contribution in [3.8, 4) is 0 Å². The van der Waals surface area contributed by atoms with Gasteiger partial charge >= 0.3 is 0 Å². The smallest absolute Gasteiger partial charge is 0.255 e. The molecule has 1 aromatic heterocycles. The topological polar surface area (TPSA) is 53.5 Å². The number of aromatic nitrogens is 1. The predicted octanol–water partition coefficient (Wildman–Crippen LogP) is 4.74. The number of hydrogen-bond donors (Lipinski definition) is 0. The zero-order valence-electron chi connectivity index (χ0n) is 18.0. The number of nitrogens with zero attached hydrogens (tertiary/aromatic N) is 3. The molecule has 0 bridgehead atoms. The summed E-state index contributed by atoms with van der Waals surface area (Å²) in [7, 11) is 0. The van der Waals surface area contributed by atoms with E-state index >= 15 is 0 Å². The minimum Gasteiger partial charge on any atom is -0.339 e. The van der Waals surface area contributed by atoms with Crippen molar-refractivity contribution in [2.24, 2.45) is 0 Å². The molecular weight excluding hydrogens is 438 g/mol. The van der Waals surface area contributed by atoms with Crippen LogP contribution in [0.25, 0.3) is 0 Å². The van der Waals surface area contributed by atoms with Crippen LogP contribution in [0.2, 0.25) is 0 Å². The first-order valence-corrected chi connectivity index (χ1v) is 12.8. The third-order valence-corrected chi connectivity index (χ3v) is 7.34. The Labute approximate surface area is 197 Å². The van der Waals surface area contributed by atoms with Crippen LogP contribution >= 0.6 is 23.1 Å². The molecule has 0 spiro atoms. The maximum absolute atomic E-state index is 13.2. The molecule has 5 nitrogen and oxygen atoms in total. The summed E-state index contributed by atoms with van der Waals surface area (Å²) in [6, 6.07) is 18.0. The van der Waals surface area contributed by atoms with Gasteiger partial charge in [-0.2, -0.15) is 0 Å². The number of hydrogen-bond acceptors (Lipinski definition) is 5. The molecule has 2 heterocycles. The van der Waals surface area contributed by atoms with Crippen LogP contribution < -0.4 is 0 Å². The van der Waals surface area contributed by atoms with Gasteiger partial charge in [-0.25, -0.2) is 4.98 Å². The molecule has 1 aliphatic heterocycles. The number of thiazole rings is 1. The summed E-state index contributed by atoms with van der Waals surface area (Å²) in [6.45, 7) is 2.36. The monoisotopic (exact) mass is 465 g/mol. The van der Waals surface area contributed by atoms with E-state index in [1.807, 2.05) is 63.2 Å². The van der Waals surface area contributed by atoms with E-state index in [9.17, 15) is 9.59 Å². The molecule has 0 aliphatic carbocycles. The van der Waals surface area contributed by atoms with Gasteiger partial charge in [-0.1, -0.05) is 42.5 Å². The Hall–Kier alpha value is -2.64. The van der Waals surface area contributed by atoms with Crippen molar-refractivity contribution >= 4 is 34.9 Å². The molecule has 0 atom stereocenters. The lowest BCUT2D eigenvalue weighted by atomic mass is 10.1. The second kappa shape index (κ2) is 11.3. The summed E-state index contributed by atoms with van der Waals surface area (Å²) in [4.78, 5) is 34.9. The second-order valence-corrected chi connectivity index (χ2v) is 9.51. The largest absolute Gasteiger partial charge is 0.339 e. The molecule has 7 heteroatoms. The molecule has 0 unspecified atom stereocenters. The fourth-order valence-corrected chi connectivity index (χ4v) is 5.42. The van der Waals surface area contributed by atoms with Gasteiger partial charge in [-0.05, 0) is 30.5 Å². The Morgan fingerprint density at radius 2 is 1.66 bits per heavy atom. The van der Waals surface area contributed by atoms with Gasteiger partial charge in [-0.15, -0.1) is 23.1 Å². The molecule has 32 heavy (non-hydrogen) atoms. The van der Waals surface area contributed by atoms with Crippen molar-refractivity contribution < 1.29 is 9.59 Å². The minimum absolute atomic E-state index is 0.0440. The molecule has 166 valence electrons. The van der Waals surface area contributed by atoms with E-state index in [2.05, 4.69) is 17.1 Å². The van der Waals surface area contributed by atoms with E-state index in [1.165, 1.54) is 5.56 Å². The van der Waals surface area contributed by atoms with Crippen LogP contribution in [0.1, 0.15) is 34.5 Å². The van der Waals surface area contributed by atoms with Crippen LogP contribution in [0.3, 0.4) is 0 Å². The first-order valence-electron chi connectivity index (χ1n) is 10.9.